The van der Waals surface area contributed by atoms with Crippen LogP contribution in [0.25, 0.3) is 6.08 Å². The van der Waals surface area contributed by atoms with E-state index in [0.717, 1.165) is 11.3 Å². The van der Waals surface area contributed by atoms with Crippen LogP contribution in [0.5, 0.6) is 11.5 Å². The number of anilines is 1. The van der Waals surface area contributed by atoms with Crippen molar-refractivity contribution < 1.29 is 33.3 Å². The van der Waals surface area contributed by atoms with E-state index in [1.807, 2.05) is 13.8 Å². The van der Waals surface area contributed by atoms with Crippen LogP contribution in [0.15, 0.2) is 24.3 Å². The summed E-state index contributed by atoms with van der Waals surface area (Å²) in [4.78, 5) is 38.0. The lowest BCUT2D eigenvalue weighted by Gasteiger charge is -2.07. The van der Waals surface area contributed by atoms with Crippen molar-refractivity contribution in [3.63, 3.8) is 0 Å². The molecule has 2 rings (SSSR count). The van der Waals surface area contributed by atoms with Gasteiger partial charge < -0.3 is 24.3 Å². The van der Waals surface area contributed by atoms with Gasteiger partial charge in [-0.05, 0) is 49.6 Å². The molecule has 0 fully saturated rings. The van der Waals surface area contributed by atoms with Crippen molar-refractivity contribution in [2.24, 2.45) is 5.92 Å². The monoisotopic (exact) mass is 475 g/mol. The molecule has 1 aromatic carbocycles. The predicted molar refractivity (Wildman–Crippen MR) is 127 cm³/mol. The Bertz CT molecular complexity index is 1040. The maximum atomic E-state index is 12.6. The van der Waals surface area contributed by atoms with Gasteiger partial charge in [-0.15, -0.1) is 11.3 Å². The third kappa shape index (κ3) is 6.82. The van der Waals surface area contributed by atoms with Gasteiger partial charge in [0.2, 0.25) is 5.91 Å². The number of hydrogen-bond acceptors (Lipinski definition) is 8. The van der Waals surface area contributed by atoms with Gasteiger partial charge in [0.15, 0.2) is 0 Å². The predicted octanol–water partition coefficient (Wildman–Crippen LogP) is 4.72. The fourth-order valence-electron chi connectivity index (χ4n) is 2.84. The minimum Gasteiger partial charge on any atom is -0.497 e. The van der Waals surface area contributed by atoms with Crippen molar-refractivity contribution in [1.82, 2.24) is 0 Å². The van der Waals surface area contributed by atoms with Crippen molar-refractivity contribution in [2.45, 2.75) is 27.7 Å². The van der Waals surface area contributed by atoms with Gasteiger partial charge in [0.25, 0.3) is 0 Å². The highest BCUT2D eigenvalue weighted by atomic mass is 32.1. The Hall–Kier alpha value is -3.33. The second-order valence-corrected chi connectivity index (χ2v) is 8.42. The zero-order valence-corrected chi connectivity index (χ0v) is 20.5. The Morgan fingerprint density at radius 1 is 1.09 bits per heavy atom. The van der Waals surface area contributed by atoms with Gasteiger partial charge in [-0.3, -0.25) is 4.79 Å². The van der Waals surface area contributed by atoms with Crippen molar-refractivity contribution in [2.75, 3.05) is 32.8 Å². The van der Waals surface area contributed by atoms with E-state index in [4.69, 9.17) is 18.9 Å². The Kier molecular flexibility index (Phi) is 9.47. The van der Waals surface area contributed by atoms with Crippen LogP contribution in [-0.4, -0.2) is 45.3 Å². The van der Waals surface area contributed by atoms with Crippen molar-refractivity contribution in [1.29, 1.82) is 0 Å². The van der Waals surface area contributed by atoms with Crippen molar-refractivity contribution in [3.8, 4) is 11.5 Å². The molecule has 1 amide bonds. The first-order chi connectivity index (χ1) is 15.7. The molecule has 0 spiro atoms. The van der Waals surface area contributed by atoms with E-state index in [0.29, 0.717) is 22.6 Å². The number of hydrogen-bond donors (Lipinski definition) is 1. The number of methoxy groups -OCH3 is 2. The van der Waals surface area contributed by atoms with Crippen molar-refractivity contribution >= 4 is 40.3 Å². The average molecular weight is 476 g/mol. The van der Waals surface area contributed by atoms with E-state index in [-0.39, 0.29) is 34.6 Å². The van der Waals surface area contributed by atoms with E-state index < -0.39 is 17.8 Å². The normalized spacial score (nSPS) is 10.9. The topological polar surface area (TPSA) is 100 Å². The van der Waals surface area contributed by atoms with Crippen LogP contribution in [0.3, 0.4) is 0 Å². The Labute approximate surface area is 197 Å². The maximum absolute atomic E-state index is 12.6. The van der Waals surface area contributed by atoms with Crippen LogP contribution < -0.4 is 14.8 Å². The molecule has 0 saturated heterocycles. The largest absolute Gasteiger partial charge is 0.497 e. The lowest BCUT2D eigenvalue weighted by Crippen LogP contribution is -2.13. The Morgan fingerprint density at radius 2 is 1.82 bits per heavy atom. The smallest absolute Gasteiger partial charge is 0.348 e. The first kappa shape index (κ1) is 25.9. The third-order valence-corrected chi connectivity index (χ3v) is 5.63. The molecule has 0 radical (unpaired) electrons. The average Bonchev–Trinajstić information content (AvgIpc) is 3.11. The van der Waals surface area contributed by atoms with Crippen molar-refractivity contribution in [3.05, 3.63) is 45.8 Å². The molecule has 0 atom stereocenters. The molecule has 1 aromatic heterocycles. The highest BCUT2D eigenvalue weighted by molar-refractivity contribution is 7.18. The Morgan fingerprint density at radius 3 is 2.42 bits per heavy atom. The third-order valence-electron chi connectivity index (χ3n) is 4.45. The van der Waals surface area contributed by atoms with Gasteiger partial charge in [-0.1, -0.05) is 13.8 Å². The lowest BCUT2D eigenvalue weighted by molar-refractivity contribution is -0.111. The molecule has 0 unspecified atom stereocenters. The van der Waals surface area contributed by atoms with Gasteiger partial charge in [0.05, 0.1) is 33.0 Å². The van der Waals surface area contributed by atoms with Gasteiger partial charge in [-0.2, -0.15) is 0 Å². The molecule has 8 nitrogen and oxygen atoms in total. The summed E-state index contributed by atoms with van der Waals surface area (Å²) in [6.45, 7) is 7.56. The van der Waals surface area contributed by atoms with Crippen LogP contribution in [0.1, 0.15) is 51.9 Å². The number of benzene rings is 1. The maximum Gasteiger partial charge on any atom is 0.348 e. The van der Waals surface area contributed by atoms with E-state index in [2.05, 4.69) is 5.32 Å². The quantitative estimate of drug-likeness (QED) is 0.392. The SMILES string of the molecule is CCOC(=O)c1c(NC(=O)/C=C/c2cc(OC)ccc2OC)sc(C(=O)OCC(C)C)c1C. The zero-order valence-electron chi connectivity index (χ0n) is 19.6. The summed E-state index contributed by atoms with van der Waals surface area (Å²) in [5.41, 5.74) is 1.18. The summed E-state index contributed by atoms with van der Waals surface area (Å²) in [6, 6.07) is 5.20. The lowest BCUT2D eigenvalue weighted by atomic mass is 10.1. The fourth-order valence-corrected chi connectivity index (χ4v) is 3.93. The highest BCUT2D eigenvalue weighted by Gasteiger charge is 2.27. The minimum atomic E-state index is -0.622. The first-order valence-electron chi connectivity index (χ1n) is 10.4. The van der Waals surface area contributed by atoms with E-state index >= 15 is 0 Å². The molecular formula is C24H29NO7S. The number of nitrogens with one attached hydrogen (secondary N) is 1. The van der Waals surface area contributed by atoms with Gasteiger partial charge in [0.1, 0.15) is 21.4 Å². The number of rotatable bonds is 10. The number of ether oxygens (including phenoxy) is 4. The summed E-state index contributed by atoms with van der Waals surface area (Å²) < 4.78 is 20.9. The summed E-state index contributed by atoms with van der Waals surface area (Å²) in [5.74, 6) is -0.324. The molecule has 1 heterocycles. The van der Waals surface area contributed by atoms with Crippen LogP contribution in [0, 0.1) is 12.8 Å². The standard InChI is InChI=1S/C24H29NO7S/c1-7-31-23(27)20-15(4)21(24(28)32-13-14(2)3)33-22(20)25-19(26)11-8-16-12-17(29-5)9-10-18(16)30-6/h8-12,14H,7,13H2,1-6H3,(H,25,26)/b11-8+. The molecule has 33 heavy (non-hydrogen) atoms. The molecule has 178 valence electrons. The summed E-state index contributed by atoms with van der Waals surface area (Å²) in [6.07, 6.45) is 2.87. The minimum absolute atomic E-state index is 0.138. The zero-order chi connectivity index (χ0) is 24.5. The highest BCUT2D eigenvalue weighted by Crippen LogP contribution is 2.34. The number of esters is 2. The van der Waals surface area contributed by atoms with Gasteiger partial charge in [0, 0.05) is 11.6 Å². The molecule has 9 heteroatoms. The van der Waals surface area contributed by atoms with Crippen LogP contribution in [-0.2, 0) is 14.3 Å². The van der Waals surface area contributed by atoms with Crippen LogP contribution in [0.2, 0.25) is 0 Å². The fraction of sp³-hybridized carbons (Fsp3) is 0.375. The second kappa shape index (κ2) is 12.1. The van der Waals surface area contributed by atoms with E-state index in [1.165, 1.54) is 13.2 Å². The summed E-state index contributed by atoms with van der Waals surface area (Å²) in [7, 11) is 3.07. The number of thiophene rings is 1. The van der Waals surface area contributed by atoms with E-state index in [9.17, 15) is 14.4 Å². The summed E-state index contributed by atoms with van der Waals surface area (Å²) >= 11 is 0.978. The molecule has 2 aromatic rings. The molecule has 0 saturated carbocycles. The first-order valence-corrected chi connectivity index (χ1v) is 11.2. The number of carbonyl (C=O) groups is 3. The molecule has 0 aliphatic rings. The summed E-state index contributed by atoms with van der Waals surface area (Å²) in [5, 5.41) is 2.90. The second-order valence-electron chi connectivity index (χ2n) is 7.40. The number of amides is 1. The molecular weight excluding hydrogens is 446 g/mol. The molecule has 0 bridgehead atoms. The van der Waals surface area contributed by atoms with E-state index in [1.54, 1.807) is 45.2 Å². The van der Waals surface area contributed by atoms with Gasteiger partial charge >= 0.3 is 11.9 Å². The van der Waals surface area contributed by atoms with Crippen LogP contribution in [0.4, 0.5) is 5.00 Å². The molecule has 0 aliphatic heterocycles. The number of carbonyl (C=O) groups excluding carboxylic acids is 3. The Balaban J connectivity index is 2.32. The molecule has 0 aliphatic carbocycles. The molecule has 1 N–H and O–H groups in total. The van der Waals surface area contributed by atoms with Crippen LogP contribution >= 0.6 is 11.3 Å². The van der Waals surface area contributed by atoms with Gasteiger partial charge in [-0.25, -0.2) is 9.59 Å².